The summed E-state index contributed by atoms with van der Waals surface area (Å²) in [5.74, 6) is 0.549. The van der Waals surface area contributed by atoms with E-state index in [0.29, 0.717) is 38.4 Å². The molecular weight excluding hydrogens is 747 g/mol. The predicted octanol–water partition coefficient (Wildman–Crippen LogP) is 14.7. The lowest BCUT2D eigenvalue weighted by Gasteiger charge is -2.67. The maximum atomic E-state index is 13.8. The Hall–Kier alpha value is -1.63. The lowest BCUT2D eigenvalue weighted by molar-refractivity contribution is -0.176. The molecule has 7 nitrogen and oxygen atoms in total. The van der Waals surface area contributed by atoms with E-state index in [9.17, 15) is 14.4 Å². The van der Waals surface area contributed by atoms with Gasteiger partial charge in [0, 0.05) is 19.3 Å². The summed E-state index contributed by atoms with van der Waals surface area (Å²) in [4.78, 5) is 41.9. The fourth-order valence-corrected chi connectivity index (χ4v) is 12.5. The lowest BCUT2D eigenvalue weighted by Crippen LogP contribution is -2.57. The van der Waals surface area contributed by atoms with Crippen molar-refractivity contribution in [2.24, 2.45) is 22.2 Å². The highest BCUT2D eigenvalue weighted by Crippen LogP contribution is 2.73. The second kappa shape index (κ2) is 30.5. The van der Waals surface area contributed by atoms with Crippen LogP contribution in [0.1, 0.15) is 259 Å². The number of hydrogen-bond acceptors (Lipinski definition) is 7. The number of rotatable bonds is 39. The minimum atomic E-state index is -0.0691. The van der Waals surface area contributed by atoms with Gasteiger partial charge < -0.3 is 19.1 Å². The fraction of sp³-hybridized carbons (Fsp3) is 0.943. The van der Waals surface area contributed by atoms with Crippen molar-refractivity contribution in [1.29, 1.82) is 0 Å². The van der Waals surface area contributed by atoms with E-state index in [2.05, 4.69) is 39.5 Å². The van der Waals surface area contributed by atoms with E-state index in [1.165, 1.54) is 116 Å². The number of hydrogen-bond donors (Lipinski definition) is 0. The maximum absolute atomic E-state index is 13.8. The van der Waals surface area contributed by atoms with Gasteiger partial charge in [-0.1, -0.05) is 137 Å². The summed E-state index contributed by atoms with van der Waals surface area (Å²) in [7, 11) is 0. The zero-order valence-corrected chi connectivity index (χ0v) is 40.3. The molecular formula is C53H97NO6. The number of nitrogens with zero attached hydrogens (tertiary/aromatic N) is 1. The van der Waals surface area contributed by atoms with Crippen LogP contribution in [0.25, 0.3) is 0 Å². The third-order valence-corrected chi connectivity index (χ3v) is 15.1. The Balaban J connectivity index is 1.60. The van der Waals surface area contributed by atoms with Crippen LogP contribution in [-0.4, -0.2) is 61.8 Å². The summed E-state index contributed by atoms with van der Waals surface area (Å²) in [5.41, 5.74) is 0.439. The quantitative estimate of drug-likeness (QED) is 0.0346. The van der Waals surface area contributed by atoms with Crippen LogP contribution < -0.4 is 0 Å². The van der Waals surface area contributed by atoms with Crippen molar-refractivity contribution in [1.82, 2.24) is 4.90 Å². The molecule has 0 amide bonds. The van der Waals surface area contributed by atoms with E-state index < -0.39 is 0 Å². The van der Waals surface area contributed by atoms with Crippen molar-refractivity contribution in [3.8, 4) is 0 Å². The number of unbranched alkanes of at least 4 members (excludes halogenated alkanes) is 16. The van der Waals surface area contributed by atoms with Gasteiger partial charge in [0.2, 0.25) is 0 Å². The third kappa shape index (κ3) is 20.7. The summed E-state index contributed by atoms with van der Waals surface area (Å²) in [6.45, 7) is 15.1. The minimum absolute atomic E-state index is 0.0117. The first-order valence-corrected chi connectivity index (χ1v) is 26.4. The molecule has 0 aromatic rings. The van der Waals surface area contributed by atoms with E-state index in [-0.39, 0.29) is 40.3 Å². The Morgan fingerprint density at radius 2 is 0.900 bits per heavy atom. The maximum Gasteiger partial charge on any atom is 0.306 e. The van der Waals surface area contributed by atoms with Crippen molar-refractivity contribution in [3.05, 3.63) is 0 Å². The Morgan fingerprint density at radius 1 is 0.483 bits per heavy atom. The monoisotopic (exact) mass is 844 g/mol. The van der Waals surface area contributed by atoms with Gasteiger partial charge in [0.15, 0.2) is 0 Å². The smallest absolute Gasteiger partial charge is 0.306 e. The third-order valence-electron chi connectivity index (χ3n) is 15.1. The second-order valence-corrected chi connectivity index (χ2v) is 20.5. The molecule has 0 aromatic carbocycles. The van der Waals surface area contributed by atoms with Crippen molar-refractivity contribution >= 4 is 17.9 Å². The number of esters is 3. The van der Waals surface area contributed by atoms with Gasteiger partial charge in [-0.2, -0.15) is 0 Å². The van der Waals surface area contributed by atoms with Gasteiger partial charge in [0.25, 0.3) is 0 Å². The molecule has 4 rings (SSSR count). The average molecular weight is 844 g/mol. The minimum Gasteiger partial charge on any atom is -0.466 e. The molecule has 0 N–H and O–H groups in total. The van der Waals surface area contributed by atoms with Crippen LogP contribution in [0, 0.1) is 22.2 Å². The van der Waals surface area contributed by atoms with E-state index in [1.807, 2.05) is 0 Å². The highest BCUT2D eigenvalue weighted by molar-refractivity contribution is 5.70. The number of carbonyl (C=O) groups excluding carboxylic acids is 3. The normalized spacial score (nSPS) is 23.1. The largest absolute Gasteiger partial charge is 0.466 e. The molecule has 0 heterocycles. The van der Waals surface area contributed by atoms with E-state index in [4.69, 9.17) is 14.2 Å². The highest BCUT2D eigenvalue weighted by atomic mass is 16.5. The molecule has 7 heteroatoms. The van der Waals surface area contributed by atoms with Gasteiger partial charge in [-0.05, 0) is 145 Å². The molecule has 4 saturated carbocycles. The van der Waals surface area contributed by atoms with Crippen molar-refractivity contribution in [3.63, 3.8) is 0 Å². The van der Waals surface area contributed by atoms with Gasteiger partial charge in [-0.25, -0.2) is 0 Å². The zero-order chi connectivity index (χ0) is 43.4. The zero-order valence-electron chi connectivity index (χ0n) is 40.3. The van der Waals surface area contributed by atoms with Gasteiger partial charge in [0.1, 0.15) is 6.10 Å². The molecule has 4 unspecified atom stereocenters. The first-order chi connectivity index (χ1) is 29.1. The highest BCUT2D eigenvalue weighted by Gasteiger charge is 2.62. The molecule has 4 atom stereocenters. The summed E-state index contributed by atoms with van der Waals surface area (Å²) in [5, 5.41) is 0. The van der Waals surface area contributed by atoms with Crippen molar-refractivity contribution in [2.45, 2.75) is 265 Å². The predicted molar refractivity (Wildman–Crippen MR) is 249 cm³/mol. The van der Waals surface area contributed by atoms with E-state index in [0.717, 1.165) is 110 Å². The van der Waals surface area contributed by atoms with Crippen LogP contribution in [0.15, 0.2) is 0 Å². The first-order valence-electron chi connectivity index (χ1n) is 26.4. The van der Waals surface area contributed by atoms with Crippen LogP contribution in [-0.2, 0) is 28.6 Å². The molecule has 60 heavy (non-hydrogen) atoms. The molecule has 350 valence electrons. The molecule has 4 aliphatic carbocycles. The molecule has 4 fully saturated rings. The number of carbonyl (C=O) groups is 3. The van der Waals surface area contributed by atoms with Crippen LogP contribution in [0.5, 0.6) is 0 Å². The summed E-state index contributed by atoms with van der Waals surface area (Å²) < 4.78 is 18.0. The van der Waals surface area contributed by atoms with Gasteiger partial charge >= 0.3 is 17.9 Å². The molecule has 0 spiro atoms. The lowest BCUT2D eigenvalue weighted by atomic mass is 9.37. The van der Waals surface area contributed by atoms with Crippen LogP contribution in [0.2, 0.25) is 0 Å². The van der Waals surface area contributed by atoms with Crippen molar-refractivity contribution in [2.75, 3.05) is 32.8 Å². The average Bonchev–Trinajstić information content (AvgIpc) is 3.22. The van der Waals surface area contributed by atoms with Crippen LogP contribution in [0.3, 0.4) is 0 Å². The number of ether oxygens (including phenoxy) is 3. The second-order valence-electron chi connectivity index (χ2n) is 20.5. The van der Waals surface area contributed by atoms with Crippen molar-refractivity contribution < 1.29 is 28.6 Å². The van der Waals surface area contributed by atoms with Gasteiger partial charge in [0.05, 0.1) is 13.2 Å². The van der Waals surface area contributed by atoms with Crippen LogP contribution >= 0.6 is 0 Å². The molecule has 4 bridgehead atoms. The molecule has 0 aliphatic heterocycles. The van der Waals surface area contributed by atoms with E-state index >= 15 is 0 Å². The standard InChI is InChI=1S/C53H97NO6/c1-6-11-14-17-20-23-26-38-58-49(56)32-35-52-41-46-40-51(43-52,34-28-39-59-48(55)31-27-37-54(9-4)10-5)44-53(42-46,45-52)36-33-50(57)60-47(29-24-21-18-15-12-7-2)30-25-22-19-16-13-8-3/h46-47H,6-45H2,1-5H3. The summed E-state index contributed by atoms with van der Waals surface area (Å²) in [6.07, 6.45) is 38.9. The molecule has 4 aliphatic rings. The Bertz CT molecular complexity index is 1140. The first kappa shape index (κ1) is 52.7. The Kier molecular flexibility index (Phi) is 26.8. The topological polar surface area (TPSA) is 82.1 Å². The fourth-order valence-electron chi connectivity index (χ4n) is 12.5. The Morgan fingerprint density at radius 3 is 1.40 bits per heavy atom. The molecule has 0 radical (unpaired) electrons. The van der Waals surface area contributed by atoms with Gasteiger partial charge in [-0.3, -0.25) is 14.4 Å². The summed E-state index contributed by atoms with van der Waals surface area (Å²) >= 11 is 0. The Labute approximate surface area is 370 Å². The molecule has 0 aromatic heterocycles. The SMILES string of the molecule is CCCCCCCCCOC(=O)CCC12CC3CC(CCCOC(=O)CCCN(CC)CC)(C1)CC(CCC(=O)OC(CCCCCCCC)CCCCCCCC)(C3)C2. The van der Waals surface area contributed by atoms with Crippen LogP contribution in [0.4, 0.5) is 0 Å². The summed E-state index contributed by atoms with van der Waals surface area (Å²) in [6, 6.07) is 0. The van der Waals surface area contributed by atoms with E-state index in [1.54, 1.807) is 0 Å². The van der Waals surface area contributed by atoms with Gasteiger partial charge in [-0.15, -0.1) is 0 Å². The molecule has 0 saturated heterocycles.